The molecular weight excluding hydrogens is 266 g/mol. The number of carboxylic acids is 1. The van der Waals surface area contributed by atoms with Crippen LogP contribution in [0.15, 0.2) is 16.3 Å². The van der Waals surface area contributed by atoms with E-state index in [-0.39, 0.29) is 16.4 Å². The van der Waals surface area contributed by atoms with Gasteiger partial charge in [0.05, 0.1) is 11.5 Å². The molecule has 1 heterocycles. The summed E-state index contributed by atoms with van der Waals surface area (Å²) in [7, 11) is -3.76. The maximum Gasteiger partial charge on any atom is 0.345 e. The van der Waals surface area contributed by atoms with Crippen LogP contribution in [-0.4, -0.2) is 37.2 Å². The molecule has 0 aromatic carbocycles. The van der Waals surface area contributed by atoms with Crippen molar-refractivity contribution in [3.05, 3.63) is 16.3 Å². The Kier molecular flexibility index (Phi) is 4.63. The number of hydrogen-bond donors (Lipinski definition) is 3. The highest BCUT2D eigenvalue weighted by Gasteiger charge is 2.21. The molecule has 0 aliphatic carbocycles. The van der Waals surface area contributed by atoms with Crippen molar-refractivity contribution in [1.29, 1.82) is 0 Å². The molecule has 1 aromatic rings. The predicted molar refractivity (Wildman–Crippen MR) is 62.8 cm³/mol. The van der Waals surface area contributed by atoms with E-state index in [1.807, 2.05) is 0 Å². The molecule has 0 saturated heterocycles. The molecule has 0 aliphatic rings. The average molecular weight is 279 g/mol. The van der Waals surface area contributed by atoms with Crippen molar-refractivity contribution in [1.82, 2.24) is 4.72 Å². The summed E-state index contributed by atoms with van der Waals surface area (Å²) >= 11 is 0.846. The monoisotopic (exact) mass is 279 g/mol. The number of carboxylic acid groups (broad SMARTS) is 1. The Bertz CT molecular complexity index is 489. The Morgan fingerprint density at radius 1 is 1.59 bits per heavy atom. The smallest absolute Gasteiger partial charge is 0.345 e. The van der Waals surface area contributed by atoms with Crippen LogP contribution in [0.3, 0.4) is 0 Å². The standard InChI is InChI=1S/C9H13NO5S2/c1-2-6(4-11)10-17(14,15)7-3-8(9(12)13)16-5-7/h3,5-6,10-11H,2,4H2,1H3,(H,12,13)/t6-/m1/s1. The molecule has 8 heteroatoms. The SMILES string of the molecule is CC[C@H](CO)NS(=O)(=O)c1csc(C(=O)O)c1. The van der Waals surface area contributed by atoms with Crippen LogP contribution in [0.1, 0.15) is 23.0 Å². The molecule has 6 nitrogen and oxygen atoms in total. The van der Waals surface area contributed by atoms with E-state index >= 15 is 0 Å². The van der Waals surface area contributed by atoms with Gasteiger partial charge in [-0.2, -0.15) is 0 Å². The minimum absolute atomic E-state index is 0.0394. The first-order valence-corrected chi connectivity index (χ1v) is 7.22. The third-order valence-electron chi connectivity index (χ3n) is 2.13. The molecule has 0 spiro atoms. The number of hydrogen-bond acceptors (Lipinski definition) is 5. The van der Waals surface area contributed by atoms with Gasteiger partial charge in [-0.15, -0.1) is 11.3 Å². The van der Waals surface area contributed by atoms with Crippen LogP contribution >= 0.6 is 11.3 Å². The van der Waals surface area contributed by atoms with E-state index in [2.05, 4.69) is 4.72 Å². The zero-order valence-corrected chi connectivity index (χ0v) is 10.7. The van der Waals surface area contributed by atoms with E-state index in [1.54, 1.807) is 6.92 Å². The lowest BCUT2D eigenvalue weighted by Crippen LogP contribution is -2.36. The Balaban J connectivity index is 2.93. The van der Waals surface area contributed by atoms with Gasteiger partial charge in [0.25, 0.3) is 0 Å². The molecule has 3 N–H and O–H groups in total. The van der Waals surface area contributed by atoms with E-state index in [0.717, 1.165) is 17.4 Å². The average Bonchev–Trinajstić information content (AvgIpc) is 2.75. The third-order valence-corrected chi connectivity index (χ3v) is 4.70. The van der Waals surface area contributed by atoms with Gasteiger partial charge in [-0.3, -0.25) is 0 Å². The topological polar surface area (TPSA) is 104 Å². The van der Waals surface area contributed by atoms with Gasteiger partial charge in [-0.25, -0.2) is 17.9 Å². The maximum atomic E-state index is 11.8. The van der Waals surface area contributed by atoms with E-state index in [0.29, 0.717) is 6.42 Å². The maximum absolute atomic E-state index is 11.8. The summed E-state index contributed by atoms with van der Waals surface area (Å²) in [6, 6.07) is 0.535. The van der Waals surface area contributed by atoms with Gasteiger partial charge in [0.15, 0.2) is 0 Å². The van der Waals surface area contributed by atoms with Crippen molar-refractivity contribution >= 4 is 27.3 Å². The number of carbonyl (C=O) groups is 1. The molecule has 0 unspecified atom stereocenters. The van der Waals surface area contributed by atoms with Crippen LogP contribution in [0.5, 0.6) is 0 Å². The van der Waals surface area contributed by atoms with E-state index in [1.165, 1.54) is 5.38 Å². The fraction of sp³-hybridized carbons (Fsp3) is 0.444. The highest BCUT2D eigenvalue weighted by atomic mass is 32.2. The molecule has 0 aliphatic heterocycles. The number of sulfonamides is 1. The van der Waals surface area contributed by atoms with Crippen molar-refractivity contribution < 1.29 is 23.4 Å². The van der Waals surface area contributed by atoms with E-state index < -0.39 is 22.0 Å². The predicted octanol–water partition coefficient (Wildman–Crippen LogP) is 0.496. The van der Waals surface area contributed by atoms with Crippen LogP contribution < -0.4 is 4.72 Å². The number of nitrogens with one attached hydrogen (secondary N) is 1. The normalized spacial score (nSPS) is 13.5. The van der Waals surface area contributed by atoms with Crippen LogP contribution in [-0.2, 0) is 10.0 Å². The Morgan fingerprint density at radius 2 is 2.24 bits per heavy atom. The molecule has 0 radical (unpaired) electrons. The molecule has 17 heavy (non-hydrogen) atoms. The zero-order valence-electron chi connectivity index (χ0n) is 9.08. The van der Waals surface area contributed by atoms with E-state index in [9.17, 15) is 13.2 Å². The first-order chi connectivity index (χ1) is 7.90. The molecule has 0 amide bonds. The highest BCUT2D eigenvalue weighted by molar-refractivity contribution is 7.89. The first-order valence-electron chi connectivity index (χ1n) is 4.85. The first kappa shape index (κ1) is 14.1. The minimum atomic E-state index is -3.76. The van der Waals surface area contributed by atoms with Gasteiger partial charge < -0.3 is 10.2 Å². The van der Waals surface area contributed by atoms with Crippen molar-refractivity contribution in [3.63, 3.8) is 0 Å². The molecule has 96 valence electrons. The highest BCUT2D eigenvalue weighted by Crippen LogP contribution is 2.19. The van der Waals surface area contributed by atoms with E-state index in [4.69, 9.17) is 10.2 Å². The molecule has 0 saturated carbocycles. The summed E-state index contributed by atoms with van der Waals surface area (Å²) in [4.78, 5) is 10.5. The second-order valence-corrected chi connectivity index (χ2v) is 5.99. The van der Waals surface area contributed by atoms with Gasteiger partial charge in [0, 0.05) is 11.4 Å². The summed E-state index contributed by atoms with van der Waals surface area (Å²) in [5, 5.41) is 18.9. The lowest BCUT2D eigenvalue weighted by Gasteiger charge is -2.13. The summed E-state index contributed by atoms with van der Waals surface area (Å²) < 4.78 is 25.9. The molecular formula is C9H13NO5S2. The summed E-state index contributed by atoms with van der Waals surface area (Å²) in [5.74, 6) is -1.16. The third kappa shape index (κ3) is 3.50. The second-order valence-electron chi connectivity index (χ2n) is 3.36. The van der Waals surface area contributed by atoms with Gasteiger partial charge in [0.1, 0.15) is 4.88 Å². The quantitative estimate of drug-likeness (QED) is 0.703. The van der Waals surface area contributed by atoms with Crippen molar-refractivity contribution in [2.45, 2.75) is 24.3 Å². The lowest BCUT2D eigenvalue weighted by atomic mass is 10.3. The van der Waals surface area contributed by atoms with Crippen molar-refractivity contribution in [2.75, 3.05) is 6.61 Å². The fourth-order valence-corrected chi connectivity index (χ4v) is 3.53. The van der Waals surface area contributed by atoms with Crippen molar-refractivity contribution in [3.8, 4) is 0 Å². The minimum Gasteiger partial charge on any atom is -0.477 e. The lowest BCUT2D eigenvalue weighted by molar-refractivity contribution is 0.0702. The summed E-state index contributed by atoms with van der Waals surface area (Å²) in [6.45, 7) is 1.44. The van der Waals surface area contributed by atoms with Crippen LogP contribution in [0.25, 0.3) is 0 Å². The Labute approximate surface area is 103 Å². The largest absolute Gasteiger partial charge is 0.477 e. The van der Waals surface area contributed by atoms with Gasteiger partial charge in [-0.05, 0) is 12.5 Å². The molecule has 1 aromatic heterocycles. The molecule has 0 bridgehead atoms. The zero-order chi connectivity index (χ0) is 13.1. The van der Waals surface area contributed by atoms with Crippen LogP contribution in [0.2, 0.25) is 0 Å². The van der Waals surface area contributed by atoms with Crippen molar-refractivity contribution in [2.24, 2.45) is 0 Å². The Hall–Kier alpha value is -0.960. The van der Waals surface area contributed by atoms with Gasteiger partial charge >= 0.3 is 5.97 Å². The summed E-state index contributed by atoms with van der Waals surface area (Å²) in [5.41, 5.74) is 0. The van der Waals surface area contributed by atoms with Crippen LogP contribution in [0.4, 0.5) is 0 Å². The molecule has 1 atom stereocenters. The number of thiophene rings is 1. The Morgan fingerprint density at radius 3 is 2.65 bits per heavy atom. The number of rotatable bonds is 6. The molecule has 1 rings (SSSR count). The van der Waals surface area contributed by atoms with Crippen LogP contribution in [0, 0.1) is 0 Å². The molecule has 0 fully saturated rings. The number of aliphatic hydroxyl groups is 1. The number of aliphatic hydroxyl groups excluding tert-OH is 1. The fourth-order valence-electron chi connectivity index (χ4n) is 1.11. The van der Waals surface area contributed by atoms with Gasteiger partial charge in [-0.1, -0.05) is 6.92 Å². The van der Waals surface area contributed by atoms with Gasteiger partial charge in [0.2, 0.25) is 10.0 Å². The second kappa shape index (κ2) is 5.58. The summed E-state index contributed by atoms with van der Waals surface area (Å²) in [6.07, 6.45) is 0.450. The number of aromatic carboxylic acids is 1.